The fraction of sp³-hybridized carbons (Fsp3) is 0.250. The summed E-state index contributed by atoms with van der Waals surface area (Å²) in [7, 11) is 0. The first-order chi connectivity index (χ1) is 14.0. The molecule has 2 heterocycles. The Bertz CT molecular complexity index is 954. The van der Waals surface area contributed by atoms with Crippen molar-refractivity contribution < 1.29 is 13.2 Å². The van der Waals surface area contributed by atoms with Gasteiger partial charge in [-0.15, -0.1) is 11.3 Å². The maximum absolute atomic E-state index is 12.7. The van der Waals surface area contributed by atoms with Gasteiger partial charge in [0.15, 0.2) is 11.7 Å². The number of halogens is 3. The van der Waals surface area contributed by atoms with Crippen LogP contribution in [0.2, 0.25) is 0 Å². The summed E-state index contributed by atoms with van der Waals surface area (Å²) < 4.78 is 38.0. The van der Waals surface area contributed by atoms with Crippen LogP contribution in [0.5, 0.6) is 0 Å². The third-order valence-corrected chi connectivity index (χ3v) is 4.75. The number of hydrogen-bond acceptors (Lipinski definition) is 4. The summed E-state index contributed by atoms with van der Waals surface area (Å²) in [6.45, 7) is 3.14. The lowest BCUT2D eigenvalue weighted by Crippen LogP contribution is -2.36. The van der Waals surface area contributed by atoms with E-state index in [0.29, 0.717) is 24.1 Å². The number of thiazole rings is 1. The van der Waals surface area contributed by atoms with Crippen molar-refractivity contribution in [1.29, 1.82) is 0 Å². The highest BCUT2D eigenvalue weighted by molar-refractivity contribution is 7.09. The van der Waals surface area contributed by atoms with Crippen LogP contribution >= 0.6 is 11.3 Å². The van der Waals surface area contributed by atoms with Gasteiger partial charge in [0.2, 0.25) is 0 Å². The largest absolute Gasteiger partial charge is 0.434 e. The van der Waals surface area contributed by atoms with Crippen LogP contribution in [0.1, 0.15) is 23.2 Å². The number of rotatable bonds is 6. The highest BCUT2D eigenvalue weighted by atomic mass is 32.1. The van der Waals surface area contributed by atoms with Crippen molar-refractivity contribution in [2.24, 2.45) is 4.99 Å². The SMILES string of the molecule is CCNC(=NCc1cccc(-c2ccccn2)c1)NCc1nc(C(F)(F)F)cs1. The van der Waals surface area contributed by atoms with Crippen LogP contribution < -0.4 is 10.6 Å². The Hall–Kier alpha value is -2.94. The van der Waals surface area contributed by atoms with Crippen molar-refractivity contribution >= 4 is 17.3 Å². The monoisotopic (exact) mass is 419 g/mol. The Morgan fingerprint density at radius 2 is 2.00 bits per heavy atom. The maximum Gasteiger partial charge on any atom is 0.434 e. The molecule has 0 bridgehead atoms. The van der Waals surface area contributed by atoms with E-state index in [1.165, 1.54) is 0 Å². The van der Waals surface area contributed by atoms with Gasteiger partial charge in [-0.25, -0.2) is 9.98 Å². The van der Waals surface area contributed by atoms with Gasteiger partial charge >= 0.3 is 6.18 Å². The van der Waals surface area contributed by atoms with Crippen molar-refractivity contribution in [3.8, 4) is 11.3 Å². The highest BCUT2D eigenvalue weighted by Crippen LogP contribution is 2.29. The normalized spacial score (nSPS) is 12.1. The molecule has 29 heavy (non-hydrogen) atoms. The lowest BCUT2D eigenvalue weighted by molar-refractivity contribution is -0.140. The number of pyridine rings is 1. The van der Waals surface area contributed by atoms with Gasteiger partial charge in [-0.1, -0.05) is 24.3 Å². The number of hydrogen-bond donors (Lipinski definition) is 2. The second-order valence-electron chi connectivity index (χ2n) is 6.09. The summed E-state index contributed by atoms with van der Waals surface area (Å²) in [5.41, 5.74) is 2.01. The third kappa shape index (κ3) is 6.02. The van der Waals surface area contributed by atoms with Gasteiger partial charge in [0.1, 0.15) is 5.01 Å². The van der Waals surface area contributed by atoms with Gasteiger partial charge in [-0.05, 0) is 30.7 Å². The average Bonchev–Trinajstić information content (AvgIpc) is 3.21. The molecule has 0 fully saturated rings. The molecule has 0 atom stereocenters. The molecule has 0 unspecified atom stereocenters. The molecular weight excluding hydrogens is 399 g/mol. The number of aromatic nitrogens is 2. The molecule has 0 aliphatic rings. The predicted molar refractivity (Wildman–Crippen MR) is 108 cm³/mol. The summed E-state index contributed by atoms with van der Waals surface area (Å²) in [6, 6.07) is 13.7. The summed E-state index contributed by atoms with van der Waals surface area (Å²) in [4.78, 5) is 12.5. The van der Waals surface area contributed by atoms with E-state index < -0.39 is 11.9 Å². The van der Waals surface area contributed by atoms with E-state index in [9.17, 15) is 13.2 Å². The van der Waals surface area contributed by atoms with Gasteiger partial charge < -0.3 is 10.6 Å². The van der Waals surface area contributed by atoms with Crippen molar-refractivity contribution in [2.45, 2.75) is 26.2 Å². The number of nitrogens with one attached hydrogen (secondary N) is 2. The van der Waals surface area contributed by atoms with Crippen molar-refractivity contribution in [3.05, 3.63) is 70.3 Å². The molecule has 0 spiro atoms. The zero-order valence-corrected chi connectivity index (χ0v) is 16.5. The molecule has 3 rings (SSSR count). The van der Waals surface area contributed by atoms with Crippen LogP contribution in [-0.2, 0) is 19.3 Å². The van der Waals surface area contributed by atoms with Crippen molar-refractivity contribution in [2.75, 3.05) is 6.54 Å². The predicted octanol–water partition coefficient (Wildman–Crippen LogP) is 4.48. The van der Waals surface area contributed by atoms with Crippen molar-refractivity contribution in [3.63, 3.8) is 0 Å². The van der Waals surface area contributed by atoms with E-state index >= 15 is 0 Å². The van der Waals surface area contributed by atoms with Gasteiger partial charge in [0.25, 0.3) is 0 Å². The van der Waals surface area contributed by atoms with Crippen LogP contribution in [0.4, 0.5) is 13.2 Å². The minimum Gasteiger partial charge on any atom is -0.357 e. The Balaban J connectivity index is 1.66. The molecule has 1 aromatic carbocycles. The molecule has 152 valence electrons. The van der Waals surface area contributed by atoms with Crippen LogP contribution in [0.3, 0.4) is 0 Å². The van der Waals surface area contributed by atoms with E-state index in [-0.39, 0.29) is 6.54 Å². The molecule has 0 radical (unpaired) electrons. The first kappa shape index (κ1) is 20.8. The van der Waals surface area contributed by atoms with E-state index in [1.54, 1.807) is 6.20 Å². The van der Waals surface area contributed by atoms with Gasteiger partial charge in [0, 0.05) is 23.7 Å². The Morgan fingerprint density at radius 3 is 2.69 bits per heavy atom. The van der Waals surface area contributed by atoms with E-state index in [1.807, 2.05) is 49.4 Å². The van der Waals surface area contributed by atoms with E-state index in [4.69, 9.17) is 0 Å². The molecule has 5 nitrogen and oxygen atoms in total. The zero-order valence-electron chi connectivity index (χ0n) is 15.7. The highest BCUT2D eigenvalue weighted by Gasteiger charge is 2.33. The number of aliphatic imine (C=N–C) groups is 1. The Labute approximate surface area is 170 Å². The lowest BCUT2D eigenvalue weighted by atomic mass is 10.1. The molecule has 2 N–H and O–H groups in total. The minimum absolute atomic E-state index is 0.167. The minimum atomic E-state index is -4.42. The van der Waals surface area contributed by atoms with E-state index in [0.717, 1.165) is 33.5 Å². The molecule has 0 saturated carbocycles. The average molecular weight is 419 g/mol. The first-order valence-corrected chi connectivity index (χ1v) is 9.88. The molecule has 0 aliphatic carbocycles. The second kappa shape index (κ2) is 9.51. The van der Waals surface area contributed by atoms with E-state index in [2.05, 4.69) is 25.6 Å². The lowest BCUT2D eigenvalue weighted by Gasteiger charge is -2.10. The Morgan fingerprint density at radius 1 is 1.14 bits per heavy atom. The maximum atomic E-state index is 12.7. The molecule has 0 saturated heterocycles. The Kier molecular flexibility index (Phi) is 6.82. The summed E-state index contributed by atoms with van der Waals surface area (Å²) in [5, 5.41) is 7.48. The molecule has 0 aliphatic heterocycles. The molecule has 9 heteroatoms. The van der Waals surface area contributed by atoms with Gasteiger partial charge in [0.05, 0.1) is 18.8 Å². The molecule has 0 amide bonds. The van der Waals surface area contributed by atoms with Crippen LogP contribution in [0.15, 0.2) is 59.0 Å². The molecular formula is C20H20F3N5S. The fourth-order valence-electron chi connectivity index (χ4n) is 2.56. The smallest absolute Gasteiger partial charge is 0.357 e. The quantitative estimate of drug-likeness (QED) is 0.457. The van der Waals surface area contributed by atoms with Crippen LogP contribution in [0, 0.1) is 0 Å². The molecule has 3 aromatic rings. The fourth-order valence-corrected chi connectivity index (χ4v) is 3.30. The summed E-state index contributed by atoms with van der Waals surface area (Å²) in [6.07, 6.45) is -2.68. The third-order valence-electron chi connectivity index (χ3n) is 3.90. The van der Waals surface area contributed by atoms with Crippen LogP contribution in [-0.4, -0.2) is 22.5 Å². The number of benzene rings is 1. The second-order valence-corrected chi connectivity index (χ2v) is 7.03. The zero-order chi connectivity index (χ0) is 20.7. The van der Waals surface area contributed by atoms with Gasteiger partial charge in [-0.3, -0.25) is 4.98 Å². The van der Waals surface area contributed by atoms with Gasteiger partial charge in [-0.2, -0.15) is 13.2 Å². The topological polar surface area (TPSA) is 62.2 Å². The summed E-state index contributed by atoms with van der Waals surface area (Å²) >= 11 is 0.967. The number of guanidine groups is 1. The first-order valence-electron chi connectivity index (χ1n) is 9.00. The summed E-state index contributed by atoms with van der Waals surface area (Å²) in [5.74, 6) is 0.513. The van der Waals surface area contributed by atoms with Crippen LogP contribution in [0.25, 0.3) is 11.3 Å². The standard InChI is InChI=1S/C20H20F3N5S/c1-2-24-19(27-12-18-28-17(13-29-18)20(21,22)23)26-11-14-6-5-7-15(10-14)16-8-3-4-9-25-16/h3-10,13H,2,11-12H2,1H3,(H2,24,26,27). The number of alkyl halides is 3. The molecule has 2 aromatic heterocycles. The van der Waals surface area contributed by atoms with Crippen molar-refractivity contribution in [1.82, 2.24) is 20.6 Å². The number of nitrogens with zero attached hydrogens (tertiary/aromatic N) is 3.